The average Bonchev–Trinajstić information content (AvgIpc) is 3.24. The molecule has 1 N–H and O–H groups in total. The van der Waals surface area contributed by atoms with E-state index in [1.807, 2.05) is 0 Å². The number of hydrogen-bond donors (Lipinski definition) is 1. The Balaban J connectivity index is 1.57. The minimum absolute atomic E-state index is 0.0305. The number of imidazole rings is 1. The summed E-state index contributed by atoms with van der Waals surface area (Å²) in [5.74, 6) is -0.133. The van der Waals surface area contributed by atoms with Crippen LogP contribution in [0, 0.1) is 0 Å². The van der Waals surface area contributed by atoms with Gasteiger partial charge in [0.2, 0.25) is 0 Å². The number of halogens is 2. The number of ether oxygens (including phenoxy) is 1. The van der Waals surface area contributed by atoms with Crippen LogP contribution in [0.25, 0.3) is 5.65 Å². The van der Waals surface area contributed by atoms with Gasteiger partial charge in [-0.2, -0.15) is 0 Å². The Kier molecular flexibility index (Phi) is 6.70. The second kappa shape index (κ2) is 9.54. The van der Waals surface area contributed by atoms with E-state index in [2.05, 4.69) is 10.3 Å². The van der Waals surface area contributed by atoms with E-state index in [1.54, 1.807) is 53.2 Å². The monoisotopic (exact) mass is 518 g/mol. The molecule has 0 unspecified atom stereocenters. The van der Waals surface area contributed by atoms with E-state index in [0.29, 0.717) is 27.8 Å². The second-order valence-electron chi connectivity index (χ2n) is 7.31. The molecule has 1 amide bonds. The molecule has 0 aliphatic heterocycles. The number of nitrogens with one attached hydrogen (secondary N) is 1. The zero-order valence-electron chi connectivity index (χ0n) is 18.2. The molecule has 0 bridgehead atoms. The molecule has 0 saturated carbocycles. The number of pyridine rings is 1. The molecule has 0 fully saturated rings. The normalized spacial score (nSPS) is 11.4. The van der Waals surface area contributed by atoms with Crippen LogP contribution < -0.4 is 14.4 Å². The minimum Gasteiger partial charge on any atom is -0.495 e. The van der Waals surface area contributed by atoms with Gasteiger partial charge in [0, 0.05) is 19.4 Å². The van der Waals surface area contributed by atoms with Crippen molar-refractivity contribution in [2.24, 2.45) is 0 Å². The van der Waals surface area contributed by atoms with E-state index in [9.17, 15) is 13.2 Å². The first-order valence-corrected chi connectivity index (χ1v) is 12.2. The Morgan fingerprint density at radius 2 is 1.88 bits per heavy atom. The largest absolute Gasteiger partial charge is 0.495 e. The summed E-state index contributed by atoms with van der Waals surface area (Å²) in [6.45, 7) is 0.118. The van der Waals surface area contributed by atoms with Gasteiger partial charge in [-0.25, -0.2) is 13.4 Å². The molecule has 0 atom stereocenters. The molecule has 0 spiro atoms. The lowest BCUT2D eigenvalue weighted by atomic mass is 10.2. The molecule has 8 nitrogen and oxygen atoms in total. The fourth-order valence-corrected chi connectivity index (χ4v) is 4.99. The summed E-state index contributed by atoms with van der Waals surface area (Å²) in [7, 11) is -1.13. The predicted octanol–water partition coefficient (Wildman–Crippen LogP) is 4.40. The van der Waals surface area contributed by atoms with Crippen LogP contribution in [0.4, 0.5) is 5.69 Å². The quantitative estimate of drug-likeness (QED) is 0.391. The Hall–Kier alpha value is -3.27. The zero-order valence-corrected chi connectivity index (χ0v) is 20.5. The maximum Gasteiger partial charge on any atom is 0.264 e. The number of methoxy groups -OCH3 is 1. The van der Waals surface area contributed by atoms with Crippen LogP contribution in [-0.2, 0) is 16.6 Å². The predicted molar refractivity (Wildman–Crippen MR) is 131 cm³/mol. The van der Waals surface area contributed by atoms with E-state index >= 15 is 0 Å². The number of rotatable bonds is 7. The number of carbonyl (C=O) groups is 1. The third kappa shape index (κ3) is 4.68. The summed E-state index contributed by atoms with van der Waals surface area (Å²) in [5, 5.41) is 3.41. The van der Waals surface area contributed by atoms with Crippen molar-refractivity contribution in [2.75, 3.05) is 18.5 Å². The fourth-order valence-electron chi connectivity index (χ4n) is 3.38. The number of nitrogens with zero attached hydrogens (tertiary/aromatic N) is 3. The first kappa shape index (κ1) is 23.9. The zero-order chi connectivity index (χ0) is 24.5. The Bertz CT molecular complexity index is 1490. The molecule has 2 aromatic heterocycles. The van der Waals surface area contributed by atoms with Gasteiger partial charge in [0.05, 0.1) is 45.5 Å². The highest BCUT2D eigenvalue weighted by atomic mass is 35.5. The topological polar surface area (TPSA) is 93.0 Å². The Labute approximate surface area is 206 Å². The SMILES string of the molecule is COc1ccccc1N(C)S(=O)(=O)c1ccc(Cl)c(C(=O)NCc2cn3cc(Cl)ccc3n2)c1. The number of para-hydroxylation sites is 2. The maximum absolute atomic E-state index is 13.3. The Morgan fingerprint density at radius 1 is 1.12 bits per heavy atom. The first-order valence-electron chi connectivity index (χ1n) is 10.0. The highest BCUT2D eigenvalue weighted by Gasteiger charge is 2.25. The molecule has 34 heavy (non-hydrogen) atoms. The van der Waals surface area contributed by atoms with Crippen LogP contribution in [0.5, 0.6) is 5.75 Å². The molecule has 4 rings (SSSR count). The second-order valence-corrected chi connectivity index (χ2v) is 10.1. The molecule has 0 saturated heterocycles. The van der Waals surface area contributed by atoms with Gasteiger partial charge >= 0.3 is 0 Å². The van der Waals surface area contributed by atoms with Gasteiger partial charge in [-0.3, -0.25) is 9.10 Å². The van der Waals surface area contributed by atoms with Gasteiger partial charge in [-0.1, -0.05) is 35.3 Å². The van der Waals surface area contributed by atoms with Crippen LogP contribution >= 0.6 is 23.2 Å². The summed E-state index contributed by atoms with van der Waals surface area (Å²) < 4.78 is 34.6. The van der Waals surface area contributed by atoms with Gasteiger partial charge in [-0.15, -0.1) is 0 Å². The summed E-state index contributed by atoms with van der Waals surface area (Å²) >= 11 is 12.2. The van der Waals surface area contributed by atoms with Crippen LogP contribution in [0.2, 0.25) is 10.0 Å². The van der Waals surface area contributed by atoms with E-state index in [4.69, 9.17) is 27.9 Å². The molecule has 176 valence electrons. The van der Waals surface area contributed by atoms with Gasteiger partial charge in [0.1, 0.15) is 11.4 Å². The number of aromatic nitrogens is 2. The third-order valence-electron chi connectivity index (χ3n) is 5.16. The van der Waals surface area contributed by atoms with Gasteiger partial charge in [0.25, 0.3) is 15.9 Å². The van der Waals surface area contributed by atoms with Gasteiger partial charge < -0.3 is 14.5 Å². The Morgan fingerprint density at radius 3 is 2.65 bits per heavy atom. The maximum atomic E-state index is 13.3. The molecular weight excluding hydrogens is 499 g/mol. The van der Waals surface area contributed by atoms with Crippen molar-refractivity contribution in [3.8, 4) is 5.75 Å². The van der Waals surface area contributed by atoms with Crippen LogP contribution in [0.15, 0.2) is 71.9 Å². The van der Waals surface area contributed by atoms with Crippen molar-refractivity contribution in [3.05, 3.63) is 88.3 Å². The van der Waals surface area contributed by atoms with Crippen molar-refractivity contribution >= 4 is 50.5 Å². The van der Waals surface area contributed by atoms with Crippen LogP contribution in [0.3, 0.4) is 0 Å². The summed E-state index contributed by atoms with van der Waals surface area (Å²) in [4.78, 5) is 17.2. The van der Waals surface area contributed by atoms with Crippen molar-refractivity contribution in [2.45, 2.75) is 11.4 Å². The van der Waals surface area contributed by atoms with Crippen molar-refractivity contribution in [3.63, 3.8) is 0 Å². The lowest BCUT2D eigenvalue weighted by molar-refractivity contribution is 0.0950. The summed E-state index contributed by atoms with van der Waals surface area (Å²) in [6, 6.07) is 14.2. The number of benzene rings is 2. The summed E-state index contributed by atoms with van der Waals surface area (Å²) in [6.07, 6.45) is 3.45. The number of anilines is 1. The van der Waals surface area contributed by atoms with E-state index in [0.717, 1.165) is 4.31 Å². The number of sulfonamides is 1. The highest BCUT2D eigenvalue weighted by Crippen LogP contribution is 2.32. The number of fused-ring (bicyclic) bond motifs is 1. The standard InChI is InChI=1S/C23H20Cl2N4O4S/c1-28(20-5-3-4-6-21(20)33-2)34(31,32)17-8-9-19(25)18(11-17)23(30)26-12-16-14-29-13-15(24)7-10-22(29)27-16/h3-11,13-14H,12H2,1-2H3,(H,26,30). The smallest absolute Gasteiger partial charge is 0.264 e. The molecule has 2 aromatic carbocycles. The van der Waals surface area contributed by atoms with Gasteiger partial charge in [0.15, 0.2) is 0 Å². The molecule has 0 aliphatic carbocycles. The molecule has 4 aromatic rings. The number of carbonyl (C=O) groups excluding carboxylic acids is 1. The van der Waals surface area contributed by atoms with E-state index in [1.165, 1.54) is 32.4 Å². The molecule has 0 radical (unpaired) electrons. The number of amides is 1. The molecule has 2 heterocycles. The summed E-state index contributed by atoms with van der Waals surface area (Å²) in [5.41, 5.74) is 1.67. The lowest BCUT2D eigenvalue weighted by Crippen LogP contribution is -2.28. The van der Waals surface area contributed by atoms with E-state index in [-0.39, 0.29) is 22.0 Å². The molecule has 11 heteroatoms. The fraction of sp³-hybridized carbons (Fsp3) is 0.130. The van der Waals surface area contributed by atoms with Crippen LogP contribution in [-0.4, -0.2) is 37.9 Å². The minimum atomic E-state index is -4.00. The first-order chi connectivity index (χ1) is 16.2. The number of hydrogen-bond acceptors (Lipinski definition) is 5. The van der Waals surface area contributed by atoms with Crippen molar-refractivity contribution in [1.29, 1.82) is 0 Å². The van der Waals surface area contributed by atoms with Gasteiger partial charge in [-0.05, 0) is 42.5 Å². The third-order valence-corrected chi connectivity index (χ3v) is 7.48. The van der Waals surface area contributed by atoms with Crippen LogP contribution in [0.1, 0.15) is 16.1 Å². The molecule has 0 aliphatic rings. The van der Waals surface area contributed by atoms with Crippen molar-refractivity contribution < 1.29 is 17.9 Å². The highest BCUT2D eigenvalue weighted by molar-refractivity contribution is 7.92. The van der Waals surface area contributed by atoms with E-state index < -0.39 is 15.9 Å². The van der Waals surface area contributed by atoms with Crippen molar-refractivity contribution in [1.82, 2.24) is 14.7 Å². The molecular formula is C23H20Cl2N4O4S. The average molecular weight is 519 g/mol. The lowest BCUT2D eigenvalue weighted by Gasteiger charge is -2.22.